The zero-order chi connectivity index (χ0) is 17.7. The summed E-state index contributed by atoms with van der Waals surface area (Å²) in [6.45, 7) is 1.43. The van der Waals surface area contributed by atoms with Gasteiger partial charge in [-0.3, -0.25) is 9.59 Å². The molecule has 126 valence electrons. The highest BCUT2D eigenvalue weighted by Crippen LogP contribution is 2.28. The van der Waals surface area contributed by atoms with Crippen molar-refractivity contribution in [1.29, 1.82) is 0 Å². The minimum Gasteiger partial charge on any atom is -0.497 e. The second kappa shape index (κ2) is 7.50. The van der Waals surface area contributed by atoms with E-state index >= 15 is 0 Å². The van der Waals surface area contributed by atoms with Gasteiger partial charge in [-0.05, 0) is 24.3 Å². The van der Waals surface area contributed by atoms with Crippen LogP contribution in [-0.2, 0) is 4.79 Å². The van der Waals surface area contributed by atoms with Crippen LogP contribution in [0.1, 0.15) is 17.3 Å². The maximum Gasteiger partial charge on any atom is 0.258 e. The zero-order valence-electron chi connectivity index (χ0n) is 14.1. The van der Waals surface area contributed by atoms with Gasteiger partial charge in [0.25, 0.3) is 5.91 Å². The molecule has 1 N–H and O–H groups in total. The lowest BCUT2D eigenvalue weighted by Gasteiger charge is -2.19. The Morgan fingerprint density at radius 1 is 0.958 bits per heavy atom. The second-order valence-electron chi connectivity index (χ2n) is 5.19. The lowest BCUT2D eigenvalue weighted by molar-refractivity contribution is -0.114. The molecule has 0 fully saturated rings. The van der Waals surface area contributed by atoms with Gasteiger partial charge < -0.3 is 19.7 Å². The number of nitrogens with zero attached hydrogens (tertiary/aromatic N) is 1. The average Bonchev–Trinajstić information content (AvgIpc) is 2.60. The maximum atomic E-state index is 12.6. The van der Waals surface area contributed by atoms with Crippen LogP contribution in [-0.4, -0.2) is 33.1 Å². The third-order valence-electron chi connectivity index (χ3n) is 3.48. The first-order valence-electron chi connectivity index (χ1n) is 7.33. The smallest absolute Gasteiger partial charge is 0.258 e. The molecule has 2 rings (SSSR count). The molecule has 0 bridgehead atoms. The third-order valence-corrected chi connectivity index (χ3v) is 3.48. The number of anilines is 2. The van der Waals surface area contributed by atoms with Crippen LogP contribution in [0.4, 0.5) is 11.4 Å². The molecular weight excluding hydrogens is 308 g/mol. The summed E-state index contributed by atoms with van der Waals surface area (Å²) in [7, 11) is 4.79. The molecule has 0 saturated carbocycles. The standard InChI is InChI=1S/C18H20N2O4/c1-12(21)19-14-7-5-13(6-8-14)18(22)20(2)15-9-16(23-3)11-17(10-15)24-4/h5-11H,1-4H3,(H,19,21). The number of hydrogen-bond donors (Lipinski definition) is 1. The van der Waals surface area contributed by atoms with Crippen molar-refractivity contribution in [2.45, 2.75) is 6.92 Å². The summed E-state index contributed by atoms with van der Waals surface area (Å²) in [5.41, 5.74) is 1.81. The van der Waals surface area contributed by atoms with Gasteiger partial charge in [-0.2, -0.15) is 0 Å². The van der Waals surface area contributed by atoms with E-state index in [1.807, 2.05) is 0 Å². The van der Waals surface area contributed by atoms with Crippen molar-refractivity contribution in [2.24, 2.45) is 0 Å². The Morgan fingerprint density at radius 2 is 1.50 bits per heavy atom. The Balaban J connectivity index is 2.24. The molecule has 0 unspecified atom stereocenters. The Bertz CT molecular complexity index is 719. The van der Waals surface area contributed by atoms with Crippen LogP contribution >= 0.6 is 0 Å². The molecule has 0 aliphatic rings. The van der Waals surface area contributed by atoms with Crippen molar-refractivity contribution in [3.63, 3.8) is 0 Å². The van der Waals surface area contributed by atoms with E-state index in [4.69, 9.17) is 9.47 Å². The van der Waals surface area contributed by atoms with Gasteiger partial charge in [-0.25, -0.2) is 0 Å². The number of methoxy groups -OCH3 is 2. The molecule has 2 amide bonds. The Kier molecular flexibility index (Phi) is 5.42. The van der Waals surface area contributed by atoms with E-state index < -0.39 is 0 Å². The lowest BCUT2D eigenvalue weighted by Crippen LogP contribution is -2.26. The highest BCUT2D eigenvalue weighted by atomic mass is 16.5. The first-order valence-corrected chi connectivity index (χ1v) is 7.33. The molecule has 0 saturated heterocycles. The van der Waals surface area contributed by atoms with Gasteiger partial charge in [0, 0.05) is 43.4 Å². The van der Waals surface area contributed by atoms with E-state index in [9.17, 15) is 9.59 Å². The summed E-state index contributed by atoms with van der Waals surface area (Å²) in [6.07, 6.45) is 0. The SMILES string of the molecule is COc1cc(OC)cc(N(C)C(=O)c2ccc(NC(C)=O)cc2)c1. The molecule has 0 aromatic heterocycles. The molecule has 6 nitrogen and oxygen atoms in total. The van der Waals surface area contributed by atoms with E-state index in [0.29, 0.717) is 28.4 Å². The molecule has 0 aliphatic carbocycles. The van der Waals surface area contributed by atoms with E-state index in [1.54, 1.807) is 63.7 Å². The maximum absolute atomic E-state index is 12.6. The van der Waals surface area contributed by atoms with E-state index in [2.05, 4.69) is 5.32 Å². The monoisotopic (exact) mass is 328 g/mol. The summed E-state index contributed by atoms with van der Waals surface area (Å²) in [5.74, 6) is 0.865. The van der Waals surface area contributed by atoms with E-state index in [1.165, 1.54) is 11.8 Å². The molecule has 2 aromatic carbocycles. The number of nitrogens with one attached hydrogen (secondary N) is 1. The van der Waals surface area contributed by atoms with Gasteiger partial charge in [0.1, 0.15) is 11.5 Å². The highest BCUT2D eigenvalue weighted by Gasteiger charge is 2.15. The third kappa shape index (κ3) is 4.04. The van der Waals surface area contributed by atoms with Crippen LogP contribution in [0.5, 0.6) is 11.5 Å². The molecular formula is C18H20N2O4. The van der Waals surface area contributed by atoms with Gasteiger partial charge in [-0.1, -0.05) is 0 Å². The normalized spacial score (nSPS) is 10.0. The molecule has 0 spiro atoms. The summed E-state index contributed by atoms with van der Waals surface area (Å²) in [5, 5.41) is 2.67. The number of rotatable bonds is 5. The van der Waals surface area contributed by atoms with Crippen LogP contribution < -0.4 is 19.7 Å². The Hall–Kier alpha value is -3.02. The van der Waals surface area contributed by atoms with Crippen LogP contribution in [0.25, 0.3) is 0 Å². The fourth-order valence-electron chi connectivity index (χ4n) is 2.20. The van der Waals surface area contributed by atoms with Crippen molar-refractivity contribution in [1.82, 2.24) is 0 Å². The number of benzene rings is 2. The minimum atomic E-state index is -0.181. The number of carbonyl (C=O) groups excluding carboxylic acids is 2. The first-order chi connectivity index (χ1) is 11.4. The van der Waals surface area contributed by atoms with Crippen molar-refractivity contribution in [3.8, 4) is 11.5 Å². The van der Waals surface area contributed by atoms with E-state index in [-0.39, 0.29) is 11.8 Å². The van der Waals surface area contributed by atoms with Gasteiger partial charge in [0.05, 0.1) is 19.9 Å². The lowest BCUT2D eigenvalue weighted by atomic mass is 10.1. The van der Waals surface area contributed by atoms with Crippen molar-refractivity contribution < 1.29 is 19.1 Å². The Labute approximate surface area is 141 Å². The van der Waals surface area contributed by atoms with Gasteiger partial charge in [0.2, 0.25) is 5.91 Å². The summed E-state index contributed by atoms with van der Waals surface area (Å²) >= 11 is 0. The molecule has 0 heterocycles. The van der Waals surface area contributed by atoms with Crippen molar-refractivity contribution in [3.05, 3.63) is 48.0 Å². The first kappa shape index (κ1) is 17.3. The fourth-order valence-corrected chi connectivity index (χ4v) is 2.20. The van der Waals surface area contributed by atoms with Crippen LogP contribution in [0.15, 0.2) is 42.5 Å². The number of amides is 2. The van der Waals surface area contributed by atoms with Crippen LogP contribution in [0, 0.1) is 0 Å². The summed E-state index contributed by atoms with van der Waals surface area (Å²) < 4.78 is 10.5. The molecule has 0 aliphatic heterocycles. The molecule has 24 heavy (non-hydrogen) atoms. The van der Waals surface area contributed by atoms with Crippen LogP contribution in [0.2, 0.25) is 0 Å². The highest BCUT2D eigenvalue weighted by molar-refractivity contribution is 6.06. The minimum absolute atomic E-state index is 0.158. The largest absolute Gasteiger partial charge is 0.497 e. The summed E-state index contributed by atoms with van der Waals surface area (Å²) in [6, 6.07) is 12.0. The predicted octanol–water partition coefficient (Wildman–Crippen LogP) is 2.94. The van der Waals surface area contributed by atoms with Crippen LogP contribution in [0.3, 0.4) is 0 Å². The molecule has 0 radical (unpaired) electrons. The molecule has 6 heteroatoms. The topological polar surface area (TPSA) is 67.9 Å². The zero-order valence-corrected chi connectivity index (χ0v) is 14.1. The Morgan fingerprint density at radius 3 is 1.96 bits per heavy atom. The van der Waals surface area contributed by atoms with E-state index in [0.717, 1.165) is 0 Å². The van der Waals surface area contributed by atoms with Gasteiger partial charge >= 0.3 is 0 Å². The quantitative estimate of drug-likeness (QED) is 0.916. The number of carbonyl (C=O) groups is 2. The van der Waals surface area contributed by atoms with Gasteiger partial charge in [-0.15, -0.1) is 0 Å². The van der Waals surface area contributed by atoms with Gasteiger partial charge in [0.15, 0.2) is 0 Å². The molecule has 0 atom stereocenters. The fraction of sp³-hybridized carbons (Fsp3) is 0.222. The predicted molar refractivity (Wildman–Crippen MR) is 93.0 cm³/mol. The number of hydrogen-bond acceptors (Lipinski definition) is 4. The second-order valence-corrected chi connectivity index (χ2v) is 5.19. The van der Waals surface area contributed by atoms with Crippen molar-refractivity contribution >= 4 is 23.2 Å². The molecule has 2 aromatic rings. The summed E-state index contributed by atoms with van der Waals surface area (Å²) in [4.78, 5) is 25.2. The average molecular weight is 328 g/mol. The number of ether oxygens (including phenoxy) is 2. The van der Waals surface area contributed by atoms with Crippen molar-refractivity contribution in [2.75, 3.05) is 31.5 Å².